The first-order valence-electron chi connectivity index (χ1n) is 8.18. The van der Waals surface area contributed by atoms with Gasteiger partial charge in [0.15, 0.2) is 5.78 Å². The van der Waals surface area contributed by atoms with Crippen LogP contribution in [0.4, 0.5) is 5.69 Å². The van der Waals surface area contributed by atoms with Crippen molar-refractivity contribution in [2.75, 3.05) is 38.2 Å². The Labute approximate surface area is 142 Å². The molecule has 4 heteroatoms. The average Bonchev–Trinajstić information content (AvgIpc) is 2.67. The largest absolute Gasteiger partial charge is 0.497 e. The molecule has 124 valence electrons. The molecule has 0 aromatic heterocycles. The Kier molecular flexibility index (Phi) is 5.29. The number of ether oxygens (including phenoxy) is 1. The highest BCUT2D eigenvalue weighted by molar-refractivity contribution is 6.07. The number of rotatable bonds is 5. The van der Waals surface area contributed by atoms with Crippen molar-refractivity contribution in [1.82, 2.24) is 5.32 Å². The van der Waals surface area contributed by atoms with Crippen molar-refractivity contribution in [2.24, 2.45) is 0 Å². The first-order chi connectivity index (χ1) is 11.8. The quantitative estimate of drug-likeness (QED) is 0.679. The van der Waals surface area contributed by atoms with Crippen molar-refractivity contribution in [1.29, 1.82) is 0 Å². The van der Waals surface area contributed by atoms with Crippen molar-refractivity contribution in [3.63, 3.8) is 0 Å². The topological polar surface area (TPSA) is 41.6 Å². The molecule has 2 aromatic rings. The van der Waals surface area contributed by atoms with Gasteiger partial charge in [0, 0.05) is 37.4 Å². The Morgan fingerprint density at radius 3 is 2.33 bits per heavy atom. The van der Waals surface area contributed by atoms with E-state index in [1.807, 2.05) is 54.6 Å². The van der Waals surface area contributed by atoms with Crippen LogP contribution in [0.5, 0.6) is 5.75 Å². The fourth-order valence-corrected chi connectivity index (χ4v) is 2.74. The van der Waals surface area contributed by atoms with E-state index in [2.05, 4.69) is 10.2 Å². The van der Waals surface area contributed by atoms with Crippen LogP contribution in [0.3, 0.4) is 0 Å². The molecule has 1 heterocycles. The smallest absolute Gasteiger partial charge is 0.185 e. The minimum Gasteiger partial charge on any atom is -0.497 e. The maximum absolute atomic E-state index is 12.3. The van der Waals surface area contributed by atoms with Gasteiger partial charge in [-0.05, 0) is 48.0 Å². The van der Waals surface area contributed by atoms with E-state index in [9.17, 15) is 4.79 Å². The average molecular weight is 322 g/mol. The number of hydrogen-bond acceptors (Lipinski definition) is 4. The van der Waals surface area contributed by atoms with Gasteiger partial charge in [-0.3, -0.25) is 4.79 Å². The molecule has 0 atom stereocenters. The third kappa shape index (κ3) is 4.03. The Morgan fingerprint density at radius 1 is 1.04 bits per heavy atom. The van der Waals surface area contributed by atoms with Gasteiger partial charge < -0.3 is 15.0 Å². The molecule has 0 unspecified atom stereocenters. The zero-order valence-electron chi connectivity index (χ0n) is 13.9. The second-order valence-electron chi connectivity index (χ2n) is 5.75. The molecule has 3 rings (SSSR count). The van der Waals surface area contributed by atoms with Crippen molar-refractivity contribution in [3.8, 4) is 5.75 Å². The lowest BCUT2D eigenvalue weighted by Gasteiger charge is -2.29. The van der Waals surface area contributed by atoms with Crippen LogP contribution in [-0.2, 0) is 0 Å². The zero-order chi connectivity index (χ0) is 16.8. The number of nitrogens with zero attached hydrogens (tertiary/aromatic N) is 1. The van der Waals surface area contributed by atoms with Crippen molar-refractivity contribution >= 4 is 17.5 Å². The van der Waals surface area contributed by atoms with Gasteiger partial charge in [0.1, 0.15) is 5.75 Å². The number of anilines is 1. The van der Waals surface area contributed by atoms with Gasteiger partial charge in [0.2, 0.25) is 0 Å². The lowest BCUT2D eigenvalue weighted by molar-refractivity contribution is 0.104. The molecule has 1 aliphatic rings. The van der Waals surface area contributed by atoms with Crippen molar-refractivity contribution in [3.05, 3.63) is 65.7 Å². The fraction of sp³-hybridized carbons (Fsp3) is 0.250. The van der Waals surface area contributed by atoms with E-state index in [0.29, 0.717) is 5.56 Å². The molecule has 0 radical (unpaired) electrons. The molecule has 1 fully saturated rings. The van der Waals surface area contributed by atoms with E-state index in [-0.39, 0.29) is 5.78 Å². The highest BCUT2D eigenvalue weighted by Crippen LogP contribution is 2.17. The molecule has 2 aromatic carbocycles. The zero-order valence-corrected chi connectivity index (χ0v) is 13.9. The van der Waals surface area contributed by atoms with Crippen molar-refractivity contribution < 1.29 is 9.53 Å². The van der Waals surface area contributed by atoms with E-state index >= 15 is 0 Å². The van der Waals surface area contributed by atoms with Crippen LogP contribution >= 0.6 is 0 Å². The van der Waals surface area contributed by atoms with Crippen LogP contribution in [0, 0.1) is 0 Å². The van der Waals surface area contributed by atoms with Crippen LogP contribution in [0.15, 0.2) is 54.6 Å². The van der Waals surface area contributed by atoms with Gasteiger partial charge >= 0.3 is 0 Å². The van der Waals surface area contributed by atoms with Gasteiger partial charge in [-0.2, -0.15) is 0 Å². The van der Waals surface area contributed by atoms with E-state index in [4.69, 9.17) is 4.74 Å². The molecule has 0 amide bonds. The number of carbonyl (C=O) groups excluding carboxylic acids is 1. The predicted molar refractivity (Wildman–Crippen MR) is 97.9 cm³/mol. The van der Waals surface area contributed by atoms with E-state index in [0.717, 1.165) is 37.5 Å². The number of methoxy groups -OCH3 is 1. The maximum Gasteiger partial charge on any atom is 0.185 e. The van der Waals surface area contributed by atoms with Crippen molar-refractivity contribution in [2.45, 2.75) is 0 Å². The molecule has 24 heavy (non-hydrogen) atoms. The molecule has 1 N–H and O–H groups in total. The second kappa shape index (κ2) is 7.79. The first kappa shape index (κ1) is 16.3. The van der Waals surface area contributed by atoms with E-state index in [1.165, 1.54) is 5.69 Å². The molecule has 0 bridgehead atoms. The first-order valence-corrected chi connectivity index (χ1v) is 8.18. The standard InChI is InChI=1S/C20H22N2O2/c1-24-19-9-2-16(3-10-19)4-11-20(23)17-5-7-18(8-6-17)22-14-12-21-13-15-22/h2-11,21H,12-15H2,1H3/b11-4+. The third-order valence-electron chi connectivity index (χ3n) is 4.18. The van der Waals surface area contributed by atoms with Crippen LogP contribution in [-0.4, -0.2) is 39.1 Å². The predicted octanol–water partition coefficient (Wildman–Crippen LogP) is 3.00. The SMILES string of the molecule is COc1ccc(/C=C/C(=O)c2ccc(N3CCNCC3)cc2)cc1. The Bertz CT molecular complexity index is 699. The molecule has 0 saturated carbocycles. The van der Waals surface area contributed by atoms with Gasteiger partial charge in [0.25, 0.3) is 0 Å². The lowest BCUT2D eigenvalue weighted by atomic mass is 10.1. The summed E-state index contributed by atoms with van der Waals surface area (Å²) in [6, 6.07) is 15.5. The summed E-state index contributed by atoms with van der Waals surface area (Å²) < 4.78 is 5.13. The van der Waals surface area contributed by atoms with Crippen LogP contribution in [0.1, 0.15) is 15.9 Å². The number of piperazine rings is 1. The van der Waals surface area contributed by atoms with Gasteiger partial charge in [-0.1, -0.05) is 18.2 Å². The molecule has 4 nitrogen and oxygen atoms in total. The monoisotopic (exact) mass is 322 g/mol. The Hall–Kier alpha value is -2.59. The van der Waals surface area contributed by atoms with Crippen LogP contribution in [0.2, 0.25) is 0 Å². The summed E-state index contributed by atoms with van der Waals surface area (Å²) in [5.74, 6) is 0.819. The molecular weight excluding hydrogens is 300 g/mol. The number of nitrogens with one attached hydrogen (secondary N) is 1. The molecule has 0 spiro atoms. The highest BCUT2D eigenvalue weighted by atomic mass is 16.5. The number of allylic oxidation sites excluding steroid dienone is 1. The summed E-state index contributed by atoms with van der Waals surface area (Å²) in [6.45, 7) is 4.02. The van der Waals surface area contributed by atoms with Gasteiger partial charge in [-0.25, -0.2) is 0 Å². The number of hydrogen-bond donors (Lipinski definition) is 1. The summed E-state index contributed by atoms with van der Waals surface area (Å²) in [5, 5.41) is 3.34. The van der Waals surface area contributed by atoms with Gasteiger partial charge in [0.05, 0.1) is 7.11 Å². The summed E-state index contributed by atoms with van der Waals surface area (Å²) in [5.41, 5.74) is 2.85. The molecule has 1 saturated heterocycles. The summed E-state index contributed by atoms with van der Waals surface area (Å²) in [7, 11) is 1.64. The number of ketones is 1. The minimum atomic E-state index is 0.0117. The summed E-state index contributed by atoms with van der Waals surface area (Å²) >= 11 is 0. The number of benzene rings is 2. The Balaban J connectivity index is 1.64. The van der Waals surface area contributed by atoms with E-state index < -0.39 is 0 Å². The van der Waals surface area contributed by atoms with Crippen LogP contribution in [0.25, 0.3) is 6.08 Å². The summed E-state index contributed by atoms with van der Waals surface area (Å²) in [4.78, 5) is 14.6. The fourth-order valence-electron chi connectivity index (χ4n) is 2.74. The number of carbonyl (C=O) groups is 1. The highest BCUT2D eigenvalue weighted by Gasteiger charge is 2.10. The van der Waals surface area contributed by atoms with Gasteiger partial charge in [-0.15, -0.1) is 0 Å². The third-order valence-corrected chi connectivity index (χ3v) is 4.18. The minimum absolute atomic E-state index is 0.0117. The Morgan fingerprint density at radius 2 is 1.71 bits per heavy atom. The normalized spacial score (nSPS) is 14.8. The maximum atomic E-state index is 12.3. The lowest BCUT2D eigenvalue weighted by Crippen LogP contribution is -2.43. The summed E-state index contributed by atoms with van der Waals surface area (Å²) in [6.07, 6.45) is 3.44. The molecule has 0 aliphatic carbocycles. The second-order valence-corrected chi connectivity index (χ2v) is 5.75. The molecular formula is C20H22N2O2. The molecule has 1 aliphatic heterocycles. The van der Waals surface area contributed by atoms with E-state index in [1.54, 1.807) is 13.2 Å². The van der Waals surface area contributed by atoms with Crippen LogP contribution < -0.4 is 15.0 Å².